The molecule has 0 atom stereocenters. The summed E-state index contributed by atoms with van der Waals surface area (Å²) in [7, 11) is 0. The topological polar surface area (TPSA) is 77.2 Å². The van der Waals surface area contributed by atoms with Gasteiger partial charge in [-0.2, -0.15) is 0 Å². The molecule has 0 fully saturated rings. The van der Waals surface area contributed by atoms with Crippen LogP contribution in [0.5, 0.6) is 5.75 Å². The number of pyridine rings is 1. The highest BCUT2D eigenvalue weighted by Crippen LogP contribution is 2.24. The van der Waals surface area contributed by atoms with Crippen LogP contribution in [0.2, 0.25) is 4.34 Å². The number of nitrogens with zero attached hydrogens (tertiary/aromatic N) is 2. The Morgan fingerprint density at radius 2 is 2.11 bits per heavy atom. The van der Waals surface area contributed by atoms with Crippen LogP contribution in [0.1, 0.15) is 21.1 Å². The van der Waals surface area contributed by atoms with E-state index in [1.807, 2.05) is 36.4 Å². The molecule has 4 rings (SSSR count). The monoisotopic (exact) mass is 399 g/mol. The maximum atomic E-state index is 12.2. The summed E-state index contributed by atoms with van der Waals surface area (Å²) in [5.41, 5.74) is 0.972. The molecule has 3 aromatic heterocycles. The van der Waals surface area contributed by atoms with Crippen LogP contribution >= 0.6 is 22.9 Å². The van der Waals surface area contributed by atoms with Crippen LogP contribution in [0.4, 0.5) is 0 Å². The van der Waals surface area contributed by atoms with Gasteiger partial charge >= 0.3 is 0 Å². The van der Waals surface area contributed by atoms with Gasteiger partial charge in [-0.1, -0.05) is 35.0 Å². The fraction of sp³-hybridized carbons (Fsp3) is 0.105. The number of amides is 1. The number of nitrogens with one attached hydrogen (secondary N) is 1. The number of carbonyl (C=O) groups is 1. The Labute approximate surface area is 163 Å². The number of aromatic nitrogens is 2. The van der Waals surface area contributed by atoms with E-state index >= 15 is 0 Å². The molecule has 1 N–H and O–H groups in total. The second-order valence-electron chi connectivity index (χ2n) is 5.69. The van der Waals surface area contributed by atoms with Crippen molar-refractivity contribution in [2.45, 2.75) is 13.2 Å². The van der Waals surface area contributed by atoms with Crippen LogP contribution in [0.25, 0.3) is 10.9 Å². The van der Waals surface area contributed by atoms with Crippen LogP contribution < -0.4 is 10.1 Å². The van der Waals surface area contributed by atoms with Crippen molar-refractivity contribution in [1.29, 1.82) is 0 Å². The lowest BCUT2D eigenvalue weighted by Crippen LogP contribution is -2.22. The standard InChI is InChI=1S/C19H14ClN3O3S/c20-17-7-6-14(27-17)10-22-19(24)15-9-13(26-23-15)11-25-16-5-1-3-12-4-2-8-21-18(12)16/h1-9H,10-11H2,(H,22,24). The summed E-state index contributed by atoms with van der Waals surface area (Å²) in [6, 6.07) is 14.8. The van der Waals surface area contributed by atoms with Crippen LogP contribution in [-0.4, -0.2) is 16.0 Å². The number of hydrogen-bond acceptors (Lipinski definition) is 6. The highest BCUT2D eigenvalue weighted by molar-refractivity contribution is 7.16. The number of thiophene rings is 1. The van der Waals surface area contributed by atoms with Gasteiger partial charge in [0.05, 0.1) is 10.9 Å². The summed E-state index contributed by atoms with van der Waals surface area (Å²) in [5, 5.41) is 7.57. The zero-order valence-corrected chi connectivity index (χ0v) is 15.6. The molecule has 0 saturated carbocycles. The molecule has 6 nitrogen and oxygen atoms in total. The van der Waals surface area contributed by atoms with E-state index in [4.69, 9.17) is 20.9 Å². The van der Waals surface area contributed by atoms with E-state index in [0.717, 1.165) is 15.8 Å². The van der Waals surface area contributed by atoms with Crippen molar-refractivity contribution in [1.82, 2.24) is 15.5 Å². The molecule has 0 saturated heterocycles. The van der Waals surface area contributed by atoms with Crippen molar-refractivity contribution in [3.8, 4) is 5.75 Å². The van der Waals surface area contributed by atoms with Gasteiger partial charge in [0, 0.05) is 22.5 Å². The Hall–Kier alpha value is -2.90. The minimum atomic E-state index is -0.318. The number of para-hydroxylation sites is 1. The Morgan fingerprint density at radius 1 is 1.22 bits per heavy atom. The first-order valence-electron chi connectivity index (χ1n) is 8.13. The first-order chi connectivity index (χ1) is 13.2. The summed E-state index contributed by atoms with van der Waals surface area (Å²) >= 11 is 7.30. The molecule has 8 heteroatoms. The first-order valence-corrected chi connectivity index (χ1v) is 9.33. The maximum Gasteiger partial charge on any atom is 0.273 e. The molecule has 27 heavy (non-hydrogen) atoms. The van der Waals surface area contributed by atoms with E-state index in [0.29, 0.717) is 22.4 Å². The molecule has 0 aliphatic rings. The van der Waals surface area contributed by atoms with E-state index in [-0.39, 0.29) is 18.2 Å². The zero-order chi connectivity index (χ0) is 18.6. The number of ether oxygens (including phenoxy) is 1. The van der Waals surface area contributed by atoms with Gasteiger partial charge in [0.2, 0.25) is 0 Å². The van der Waals surface area contributed by atoms with Crippen LogP contribution in [0.3, 0.4) is 0 Å². The number of fused-ring (bicyclic) bond motifs is 1. The van der Waals surface area contributed by atoms with E-state index in [9.17, 15) is 4.79 Å². The molecule has 0 radical (unpaired) electrons. The van der Waals surface area contributed by atoms with Gasteiger partial charge in [-0.15, -0.1) is 11.3 Å². The lowest BCUT2D eigenvalue weighted by Gasteiger charge is -2.06. The number of carbonyl (C=O) groups excluding carboxylic acids is 1. The molecule has 136 valence electrons. The van der Waals surface area contributed by atoms with Crippen LogP contribution in [0, 0.1) is 0 Å². The Bertz CT molecular complexity index is 1090. The summed E-state index contributed by atoms with van der Waals surface area (Å²) in [6.07, 6.45) is 1.72. The number of halogens is 1. The van der Waals surface area contributed by atoms with Gasteiger partial charge in [0.15, 0.2) is 11.5 Å². The molecule has 0 aliphatic carbocycles. The quantitative estimate of drug-likeness (QED) is 0.518. The molecule has 0 unspecified atom stereocenters. The highest BCUT2D eigenvalue weighted by atomic mass is 35.5. The molecule has 1 amide bonds. The molecule has 0 bridgehead atoms. The molecule has 0 spiro atoms. The van der Waals surface area contributed by atoms with Crippen molar-refractivity contribution >= 4 is 39.7 Å². The van der Waals surface area contributed by atoms with Crippen molar-refractivity contribution in [2.24, 2.45) is 0 Å². The fourth-order valence-corrected chi connectivity index (χ4v) is 3.56. The Morgan fingerprint density at radius 3 is 2.96 bits per heavy atom. The van der Waals surface area contributed by atoms with Crippen molar-refractivity contribution in [3.63, 3.8) is 0 Å². The fourth-order valence-electron chi connectivity index (χ4n) is 2.53. The average Bonchev–Trinajstić information content (AvgIpc) is 3.33. The van der Waals surface area contributed by atoms with E-state index in [1.54, 1.807) is 18.3 Å². The third-order valence-electron chi connectivity index (χ3n) is 3.81. The van der Waals surface area contributed by atoms with Gasteiger partial charge in [0.25, 0.3) is 5.91 Å². The predicted molar refractivity (Wildman–Crippen MR) is 103 cm³/mol. The minimum absolute atomic E-state index is 0.149. The van der Waals surface area contributed by atoms with Gasteiger partial charge in [-0.3, -0.25) is 9.78 Å². The second kappa shape index (κ2) is 7.77. The summed E-state index contributed by atoms with van der Waals surface area (Å²) in [4.78, 5) is 17.5. The molecule has 1 aromatic carbocycles. The van der Waals surface area contributed by atoms with Crippen molar-refractivity contribution in [3.05, 3.63) is 75.4 Å². The van der Waals surface area contributed by atoms with Gasteiger partial charge < -0.3 is 14.6 Å². The molecular formula is C19H14ClN3O3S. The number of hydrogen-bond donors (Lipinski definition) is 1. The Kier molecular flexibility index (Phi) is 5.04. The van der Waals surface area contributed by atoms with Crippen LogP contribution in [-0.2, 0) is 13.2 Å². The SMILES string of the molecule is O=C(NCc1ccc(Cl)s1)c1cc(COc2cccc3cccnc23)on1. The van der Waals surface area contributed by atoms with Gasteiger partial charge in [0.1, 0.15) is 17.9 Å². The number of benzene rings is 1. The summed E-state index contributed by atoms with van der Waals surface area (Å²) < 4.78 is 11.7. The largest absolute Gasteiger partial charge is 0.483 e. The van der Waals surface area contributed by atoms with E-state index < -0.39 is 0 Å². The third kappa shape index (κ3) is 4.10. The highest BCUT2D eigenvalue weighted by Gasteiger charge is 2.13. The van der Waals surface area contributed by atoms with Crippen LogP contribution in [0.15, 0.2) is 59.3 Å². The summed E-state index contributed by atoms with van der Waals surface area (Å²) in [5.74, 6) is 0.777. The zero-order valence-electron chi connectivity index (χ0n) is 14.0. The first kappa shape index (κ1) is 17.5. The average molecular weight is 400 g/mol. The molecule has 0 aliphatic heterocycles. The number of rotatable bonds is 6. The summed E-state index contributed by atoms with van der Waals surface area (Å²) in [6.45, 7) is 0.535. The van der Waals surface area contributed by atoms with E-state index in [2.05, 4.69) is 15.5 Å². The van der Waals surface area contributed by atoms with Gasteiger partial charge in [-0.25, -0.2) is 0 Å². The molecule has 4 aromatic rings. The molecule has 3 heterocycles. The van der Waals surface area contributed by atoms with Crippen molar-refractivity contribution in [2.75, 3.05) is 0 Å². The second-order valence-corrected chi connectivity index (χ2v) is 7.49. The Balaban J connectivity index is 1.38. The predicted octanol–water partition coefficient (Wildman–Crippen LogP) is 4.45. The lowest BCUT2D eigenvalue weighted by molar-refractivity contribution is 0.0942. The lowest BCUT2D eigenvalue weighted by atomic mass is 10.2. The smallest absolute Gasteiger partial charge is 0.273 e. The van der Waals surface area contributed by atoms with Crippen molar-refractivity contribution < 1.29 is 14.1 Å². The molecular weight excluding hydrogens is 386 g/mol. The minimum Gasteiger partial charge on any atom is -0.483 e. The third-order valence-corrected chi connectivity index (χ3v) is 5.04. The normalized spacial score (nSPS) is 10.9. The maximum absolute atomic E-state index is 12.2. The van der Waals surface area contributed by atoms with Gasteiger partial charge in [-0.05, 0) is 24.3 Å². The van der Waals surface area contributed by atoms with E-state index in [1.165, 1.54) is 11.3 Å².